The molecule has 4 heteroatoms. The van der Waals surface area contributed by atoms with Crippen LogP contribution >= 0.6 is 0 Å². The summed E-state index contributed by atoms with van der Waals surface area (Å²) in [5.74, 6) is 1.34. The van der Waals surface area contributed by atoms with Gasteiger partial charge in [0.05, 0.1) is 7.11 Å². The number of likely N-dealkylation sites (tertiary alicyclic amines) is 1. The summed E-state index contributed by atoms with van der Waals surface area (Å²) in [5, 5.41) is 0. The standard InChI is InChI=1S/C24H40N2O2/c1-5-14-25(15-9-10-17-26-16-8-7-11-24(26)27)22(6-2)18-21-13-12-20(3)23(19-21)28-4/h12-13,19,22H,5-11,14-18H2,1-4H3. The highest BCUT2D eigenvalue weighted by Gasteiger charge is 2.19. The molecule has 0 aromatic heterocycles. The summed E-state index contributed by atoms with van der Waals surface area (Å²) in [6.07, 6.45) is 8.67. The second kappa shape index (κ2) is 12.1. The molecule has 1 saturated heterocycles. The molecule has 1 atom stereocenters. The van der Waals surface area contributed by atoms with Gasteiger partial charge in [0.2, 0.25) is 5.91 Å². The van der Waals surface area contributed by atoms with E-state index in [1.807, 2.05) is 0 Å². The normalized spacial score (nSPS) is 15.9. The van der Waals surface area contributed by atoms with Gasteiger partial charge in [0.15, 0.2) is 0 Å². The summed E-state index contributed by atoms with van der Waals surface area (Å²) in [4.78, 5) is 16.7. The molecule has 0 aliphatic carbocycles. The van der Waals surface area contributed by atoms with E-state index in [1.54, 1.807) is 7.11 Å². The molecule has 1 aromatic carbocycles. The Kier molecular flexibility index (Phi) is 9.83. The van der Waals surface area contributed by atoms with Crippen LogP contribution in [0.4, 0.5) is 0 Å². The zero-order chi connectivity index (χ0) is 20.4. The maximum absolute atomic E-state index is 12.0. The van der Waals surface area contributed by atoms with Crippen LogP contribution in [-0.4, -0.2) is 55.0 Å². The van der Waals surface area contributed by atoms with Crippen LogP contribution in [-0.2, 0) is 11.2 Å². The first-order valence-electron chi connectivity index (χ1n) is 11.2. The van der Waals surface area contributed by atoms with E-state index in [-0.39, 0.29) is 0 Å². The molecular weight excluding hydrogens is 348 g/mol. The van der Waals surface area contributed by atoms with Crippen LogP contribution in [0.1, 0.15) is 69.9 Å². The van der Waals surface area contributed by atoms with E-state index in [2.05, 4.69) is 48.8 Å². The van der Waals surface area contributed by atoms with Crippen molar-refractivity contribution in [1.82, 2.24) is 9.80 Å². The third kappa shape index (κ3) is 6.80. The molecule has 0 radical (unpaired) electrons. The first kappa shape index (κ1) is 22.7. The molecule has 0 bridgehead atoms. The average molecular weight is 389 g/mol. The van der Waals surface area contributed by atoms with Gasteiger partial charge in [0.25, 0.3) is 0 Å². The minimum atomic E-state index is 0.358. The van der Waals surface area contributed by atoms with Crippen LogP contribution in [0, 0.1) is 6.92 Å². The van der Waals surface area contributed by atoms with Crippen LogP contribution in [0.3, 0.4) is 0 Å². The number of nitrogens with zero attached hydrogens (tertiary/aromatic N) is 2. The van der Waals surface area contributed by atoms with Crippen LogP contribution in [0.15, 0.2) is 18.2 Å². The predicted molar refractivity (Wildman–Crippen MR) is 117 cm³/mol. The SMILES string of the molecule is CCCN(CCCCN1CCCCC1=O)C(CC)Cc1ccc(C)c(OC)c1. The Morgan fingerprint density at radius 1 is 1.18 bits per heavy atom. The van der Waals surface area contributed by atoms with Crippen molar-refractivity contribution in [2.45, 2.75) is 78.2 Å². The fraction of sp³-hybridized carbons (Fsp3) is 0.708. The summed E-state index contributed by atoms with van der Waals surface area (Å²) in [6, 6.07) is 7.17. The molecule has 4 nitrogen and oxygen atoms in total. The molecule has 1 fully saturated rings. The number of benzene rings is 1. The van der Waals surface area contributed by atoms with Gasteiger partial charge in [-0.2, -0.15) is 0 Å². The molecule has 0 saturated carbocycles. The van der Waals surface area contributed by atoms with Gasteiger partial charge in [-0.3, -0.25) is 4.79 Å². The van der Waals surface area contributed by atoms with E-state index in [4.69, 9.17) is 4.74 Å². The summed E-state index contributed by atoms with van der Waals surface area (Å²) in [5.41, 5.74) is 2.55. The van der Waals surface area contributed by atoms with Crippen LogP contribution in [0.25, 0.3) is 0 Å². The highest BCUT2D eigenvalue weighted by atomic mass is 16.5. The number of amides is 1. The number of hydrogen-bond donors (Lipinski definition) is 0. The number of unbranched alkanes of at least 4 members (excludes halogenated alkanes) is 1. The number of methoxy groups -OCH3 is 1. The van der Waals surface area contributed by atoms with E-state index >= 15 is 0 Å². The van der Waals surface area contributed by atoms with Crippen molar-refractivity contribution in [3.8, 4) is 5.75 Å². The van der Waals surface area contributed by atoms with Crippen molar-refractivity contribution in [3.63, 3.8) is 0 Å². The minimum absolute atomic E-state index is 0.358. The second-order valence-electron chi connectivity index (χ2n) is 8.15. The third-order valence-electron chi connectivity index (χ3n) is 5.99. The van der Waals surface area contributed by atoms with Gasteiger partial charge in [0, 0.05) is 25.6 Å². The quantitative estimate of drug-likeness (QED) is 0.481. The van der Waals surface area contributed by atoms with E-state index in [0.717, 1.165) is 70.5 Å². The highest BCUT2D eigenvalue weighted by molar-refractivity contribution is 5.76. The van der Waals surface area contributed by atoms with Gasteiger partial charge < -0.3 is 14.5 Å². The van der Waals surface area contributed by atoms with Crippen molar-refractivity contribution in [2.75, 3.05) is 33.3 Å². The van der Waals surface area contributed by atoms with Crippen LogP contribution in [0.5, 0.6) is 5.75 Å². The van der Waals surface area contributed by atoms with Gasteiger partial charge >= 0.3 is 0 Å². The van der Waals surface area contributed by atoms with E-state index in [0.29, 0.717) is 11.9 Å². The predicted octanol–water partition coefficient (Wildman–Crippen LogP) is 4.83. The second-order valence-corrected chi connectivity index (χ2v) is 8.15. The highest BCUT2D eigenvalue weighted by Crippen LogP contribution is 2.22. The van der Waals surface area contributed by atoms with E-state index in [1.165, 1.54) is 24.0 Å². The fourth-order valence-electron chi connectivity index (χ4n) is 4.28. The summed E-state index contributed by atoms with van der Waals surface area (Å²) in [7, 11) is 1.75. The summed E-state index contributed by atoms with van der Waals surface area (Å²) < 4.78 is 5.51. The van der Waals surface area contributed by atoms with Gasteiger partial charge in [-0.1, -0.05) is 26.0 Å². The molecule has 1 aliphatic heterocycles. The van der Waals surface area contributed by atoms with Crippen molar-refractivity contribution < 1.29 is 9.53 Å². The lowest BCUT2D eigenvalue weighted by Crippen LogP contribution is -2.39. The Labute approximate surface area is 172 Å². The molecule has 1 amide bonds. The number of hydrogen-bond acceptors (Lipinski definition) is 3. The minimum Gasteiger partial charge on any atom is -0.496 e. The summed E-state index contributed by atoms with van der Waals surface area (Å²) >= 11 is 0. The first-order chi connectivity index (χ1) is 13.6. The monoisotopic (exact) mass is 388 g/mol. The summed E-state index contributed by atoms with van der Waals surface area (Å²) in [6.45, 7) is 10.8. The van der Waals surface area contributed by atoms with Gasteiger partial charge in [-0.25, -0.2) is 0 Å². The smallest absolute Gasteiger partial charge is 0.222 e. The molecule has 28 heavy (non-hydrogen) atoms. The number of carbonyl (C=O) groups is 1. The van der Waals surface area contributed by atoms with E-state index in [9.17, 15) is 4.79 Å². The van der Waals surface area contributed by atoms with Crippen molar-refractivity contribution in [1.29, 1.82) is 0 Å². The topological polar surface area (TPSA) is 32.8 Å². The molecule has 0 N–H and O–H groups in total. The van der Waals surface area contributed by atoms with Gasteiger partial charge in [-0.05, 0) is 82.2 Å². The number of piperidine rings is 1. The number of aryl methyl sites for hydroxylation is 1. The Bertz CT molecular complexity index is 602. The van der Waals surface area contributed by atoms with Crippen LogP contribution < -0.4 is 4.74 Å². The number of ether oxygens (including phenoxy) is 1. The average Bonchev–Trinajstić information content (AvgIpc) is 2.71. The fourth-order valence-corrected chi connectivity index (χ4v) is 4.28. The lowest BCUT2D eigenvalue weighted by molar-refractivity contribution is -0.133. The first-order valence-corrected chi connectivity index (χ1v) is 11.2. The maximum atomic E-state index is 12.0. The molecule has 0 spiro atoms. The van der Waals surface area contributed by atoms with Gasteiger partial charge in [-0.15, -0.1) is 0 Å². The largest absolute Gasteiger partial charge is 0.496 e. The zero-order valence-electron chi connectivity index (χ0n) is 18.5. The van der Waals surface area contributed by atoms with Crippen molar-refractivity contribution in [3.05, 3.63) is 29.3 Å². The molecule has 1 unspecified atom stereocenters. The molecule has 1 aliphatic rings. The van der Waals surface area contributed by atoms with Crippen LogP contribution in [0.2, 0.25) is 0 Å². The number of rotatable bonds is 12. The molecule has 158 valence electrons. The van der Waals surface area contributed by atoms with Crippen molar-refractivity contribution >= 4 is 5.91 Å². The lowest BCUT2D eigenvalue weighted by atomic mass is 10.00. The lowest BCUT2D eigenvalue weighted by Gasteiger charge is -2.32. The van der Waals surface area contributed by atoms with E-state index < -0.39 is 0 Å². The third-order valence-corrected chi connectivity index (χ3v) is 5.99. The maximum Gasteiger partial charge on any atom is 0.222 e. The molecule has 1 heterocycles. The molecule has 2 rings (SSSR count). The van der Waals surface area contributed by atoms with Crippen molar-refractivity contribution in [2.24, 2.45) is 0 Å². The molecular formula is C24H40N2O2. The Balaban J connectivity index is 1.87. The zero-order valence-corrected chi connectivity index (χ0v) is 18.5. The Morgan fingerprint density at radius 2 is 2.00 bits per heavy atom. The Hall–Kier alpha value is -1.55. The number of carbonyl (C=O) groups excluding carboxylic acids is 1. The van der Waals surface area contributed by atoms with Gasteiger partial charge in [0.1, 0.15) is 5.75 Å². The molecule has 1 aromatic rings. The Morgan fingerprint density at radius 3 is 2.68 bits per heavy atom.